The van der Waals surface area contributed by atoms with Gasteiger partial charge in [0.2, 0.25) is 0 Å². The van der Waals surface area contributed by atoms with Crippen molar-refractivity contribution < 1.29 is 24.1 Å². The number of carbonyl (C=O) groups excluding carboxylic acids is 1. The summed E-state index contributed by atoms with van der Waals surface area (Å²) in [7, 11) is 0. The normalized spacial score (nSPS) is 26.6. The van der Waals surface area contributed by atoms with E-state index in [1.54, 1.807) is 0 Å². The quantitative estimate of drug-likeness (QED) is 0.176. The van der Waals surface area contributed by atoms with Crippen LogP contribution in [0.25, 0.3) is 0 Å². The Kier molecular flexibility index (Phi) is 12.1. The van der Waals surface area contributed by atoms with E-state index in [9.17, 15) is 9.90 Å². The van der Waals surface area contributed by atoms with Gasteiger partial charge in [-0.3, -0.25) is 4.79 Å². The molecule has 2 aliphatic heterocycles. The second-order valence-corrected chi connectivity index (χ2v) is 9.74. The largest absolute Gasteiger partial charge is 0.460 e. The zero-order chi connectivity index (χ0) is 22.5. The maximum Gasteiger partial charge on any atom is 0.306 e. The molecule has 31 heavy (non-hydrogen) atoms. The van der Waals surface area contributed by atoms with Crippen molar-refractivity contribution >= 4 is 5.97 Å². The van der Waals surface area contributed by atoms with Crippen molar-refractivity contribution in [1.82, 2.24) is 0 Å². The van der Waals surface area contributed by atoms with Crippen LogP contribution in [-0.2, 0) is 19.0 Å². The maximum atomic E-state index is 11.1. The zero-order valence-corrected chi connectivity index (χ0v) is 20.2. The fraction of sp³-hybridized carbons (Fsp3) is 0.885. The molecule has 0 saturated carbocycles. The van der Waals surface area contributed by atoms with Crippen LogP contribution in [0.3, 0.4) is 0 Å². The molecule has 2 rings (SSSR count). The molecule has 4 atom stereocenters. The average molecular weight is 439 g/mol. The maximum absolute atomic E-state index is 11.1. The summed E-state index contributed by atoms with van der Waals surface area (Å²) in [6, 6.07) is 0. The van der Waals surface area contributed by atoms with Crippen LogP contribution in [0.15, 0.2) is 12.2 Å². The Morgan fingerprint density at radius 2 is 1.58 bits per heavy atom. The van der Waals surface area contributed by atoms with Crippen molar-refractivity contribution in [3.8, 4) is 0 Å². The van der Waals surface area contributed by atoms with Crippen molar-refractivity contribution in [3.63, 3.8) is 0 Å². The molecular formula is C26H46O5. The number of carbonyl (C=O) groups is 1. The molecule has 2 saturated heterocycles. The summed E-state index contributed by atoms with van der Waals surface area (Å²) in [5.41, 5.74) is 0. The molecule has 2 heterocycles. The van der Waals surface area contributed by atoms with Gasteiger partial charge in [0, 0.05) is 6.42 Å². The second-order valence-electron chi connectivity index (χ2n) is 9.74. The van der Waals surface area contributed by atoms with E-state index in [0.717, 1.165) is 25.7 Å². The Labute approximate surface area is 189 Å². The minimum atomic E-state index is -0.556. The third-order valence-corrected chi connectivity index (χ3v) is 6.39. The van der Waals surface area contributed by atoms with E-state index in [1.165, 1.54) is 51.4 Å². The van der Waals surface area contributed by atoms with Gasteiger partial charge in [-0.1, -0.05) is 70.4 Å². The number of cyclic esters (lactones) is 1. The zero-order valence-electron chi connectivity index (χ0n) is 20.2. The Balaban J connectivity index is 1.57. The lowest BCUT2D eigenvalue weighted by Crippen LogP contribution is -2.25. The highest BCUT2D eigenvalue weighted by Gasteiger charge is 2.40. The van der Waals surface area contributed by atoms with Crippen LogP contribution in [0.5, 0.6) is 0 Å². The van der Waals surface area contributed by atoms with Crippen LogP contribution in [0, 0.1) is 0 Å². The summed E-state index contributed by atoms with van der Waals surface area (Å²) >= 11 is 0. The molecule has 0 amide bonds. The summed E-state index contributed by atoms with van der Waals surface area (Å²) in [5, 5.41) is 10.1. The van der Waals surface area contributed by atoms with Gasteiger partial charge in [0.15, 0.2) is 5.79 Å². The Bertz CT molecular complexity index is 530. The Morgan fingerprint density at radius 1 is 0.968 bits per heavy atom. The third-order valence-electron chi connectivity index (χ3n) is 6.39. The van der Waals surface area contributed by atoms with E-state index < -0.39 is 11.9 Å². The predicted octanol–water partition coefficient (Wildman–Crippen LogP) is 6.22. The van der Waals surface area contributed by atoms with Crippen LogP contribution in [0.1, 0.15) is 117 Å². The van der Waals surface area contributed by atoms with Gasteiger partial charge < -0.3 is 19.3 Å². The van der Waals surface area contributed by atoms with Crippen LogP contribution in [-0.4, -0.2) is 41.3 Å². The smallest absolute Gasteiger partial charge is 0.306 e. The van der Waals surface area contributed by atoms with Gasteiger partial charge in [0.05, 0.1) is 18.3 Å². The van der Waals surface area contributed by atoms with Gasteiger partial charge in [-0.25, -0.2) is 0 Å². The summed E-state index contributed by atoms with van der Waals surface area (Å²) < 4.78 is 17.5. The molecule has 5 heteroatoms. The number of hydrogen-bond donors (Lipinski definition) is 1. The molecule has 2 aliphatic rings. The molecule has 1 N–H and O–H groups in total. The van der Waals surface area contributed by atoms with Crippen LogP contribution < -0.4 is 0 Å². The van der Waals surface area contributed by atoms with Crippen molar-refractivity contribution in [2.75, 3.05) is 0 Å². The molecule has 0 aromatic carbocycles. The monoisotopic (exact) mass is 438 g/mol. The summed E-state index contributed by atoms with van der Waals surface area (Å²) in [6.07, 6.45) is 19.9. The van der Waals surface area contributed by atoms with Gasteiger partial charge >= 0.3 is 5.97 Å². The molecule has 0 aliphatic carbocycles. The van der Waals surface area contributed by atoms with E-state index >= 15 is 0 Å². The number of hydrogen-bond acceptors (Lipinski definition) is 5. The number of aliphatic hydroxyl groups is 1. The van der Waals surface area contributed by atoms with Crippen molar-refractivity contribution in [2.45, 2.75) is 147 Å². The highest BCUT2D eigenvalue weighted by atomic mass is 16.7. The minimum Gasteiger partial charge on any atom is -0.460 e. The molecule has 0 spiro atoms. The van der Waals surface area contributed by atoms with Gasteiger partial charge in [-0.15, -0.1) is 0 Å². The second kappa shape index (κ2) is 14.3. The first kappa shape index (κ1) is 26.3. The first-order valence-electron chi connectivity index (χ1n) is 12.8. The molecule has 5 nitrogen and oxygen atoms in total. The van der Waals surface area contributed by atoms with E-state index in [4.69, 9.17) is 14.2 Å². The minimum absolute atomic E-state index is 0.160. The number of rotatable bonds is 16. The van der Waals surface area contributed by atoms with Gasteiger partial charge in [0.25, 0.3) is 0 Å². The van der Waals surface area contributed by atoms with Gasteiger partial charge in [-0.05, 0) is 52.4 Å². The summed E-state index contributed by atoms with van der Waals surface area (Å²) in [6.45, 7) is 6.29. The van der Waals surface area contributed by atoms with Crippen LogP contribution >= 0.6 is 0 Å². The van der Waals surface area contributed by atoms with Gasteiger partial charge in [0.1, 0.15) is 6.10 Å². The molecule has 2 fully saturated rings. The Morgan fingerprint density at radius 3 is 2.23 bits per heavy atom. The molecular weight excluding hydrogens is 392 g/mol. The molecule has 0 aromatic rings. The summed E-state index contributed by atoms with van der Waals surface area (Å²) in [4.78, 5) is 11.1. The SMILES string of the molecule is CCCCCCCCCC[C@@H]1OC(C)(C)O[C@@H]1CC/C=C\CC[C@@H](O)[C@H]1CCC(=O)O1. The molecule has 0 radical (unpaired) electrons. The number of aliphatic hydroxyl groups excluding tert-OH is 1. The number of allylic oxidation sites excluding steroid dienone is 2. The van der Waals surface area contributed by atoms with Crippen LogP contribution in [0.2, 0.25) is 0 Å². The van der Waals surface area contributed by atoms with E-state index in [0.29, 0.717) is 19.3 Å². The standard InChI is InChI=1S/C26H46O5/c1-4-5-6-7-8-9-10-14-17-23-24(31-26(2,3)30-23)18-15-12-11-13-16-21(27)22-19-20-25(28)29-22/h11-12,21-24,27H,4-10,13-20H2,1-3H3/b12-11-/t21-,22-,23+,24-/m1/s1. The topological polar surface area (TPSA) is 65.0 Å². The first-order chi connectivity index (χ1) is 14.9. The number of ether oxygens (including phenoxy) is 3. The van der Waals surface area contributed by atoms with E-state index in [-0.39, 0.29) is 24.3 Å². The number of esters is 1. The highest BCUT2D eigenvalue weighted by Crippen LogP contribution is 2.33. The lowest BCUT2D eigenvalue weighted by Gasteiger charge is -2.16. The third kappa shape index (κ3) is 10.5. The Hall–Kier alpha value is -0.910. The van der Waals surface area contributed by atoms with Crippen LogP contribution in [0.4, 0.5) is 0 Å². The van der Waals surface area contributed by atoms with E-state index in [1.807, 2.05) is 13.8 Å². The number of unbranched alkanes of at least 4 members (excludes halogenated alkanes) is 7. The van der Waals surface area contributed by atoms with E-state index in [2.05, 4.69) is 19.1 Å². The van der Waals surface area contributed by atoms with Crippen molar-refractivity contribution in [1.29, 1.82) is 0 Å². The lowest BCUT2D eigenvalue weighted by molar-refractivity contribution is -0.147. The molecule has 180 valence electrons. The fourth-order valence-corrected chi connectivity index (χ4v) is 4.64. The van der Waals surface area contributed by atoms with Crippen molar-refractivity contribution in [3.05, 3.63) is 12.2 Å². The fourth-order valence-electron chi connectivity index (χ4n) is 4.64. The van der Waals surface area contributed by atoms with Gasteiger partial charge in [-0.2, -0.15) is 0 Å². The first-order valence-corrected chi connectivity index (χ1v) is 12.8. The molecule has 0 aromatic heterocycles. The predicted molar refractivity (Wildman–Crippen MR) is 124 cm³/mol. The highest BCUT2D eigenvalue weighted by molar-refractivity contribution is 5.71. The summed E-state index contributed by atoms with van der Waals surface area (Å²) in [5.74, 6) is -0.676. The van der Waals surface area contributed by atoms with Crippen molar-refractivity contribution in [2.24, 2.45) is 0 Å². The molecule has 0 unspecified atom stereocenters. The lowest BCUT2D eigenvalue weighted by atomic mass is 10.0. The average Bonchev–Trinajstić information content (AvgIpc) is 3.28. The molecule has 0 bridgehead atoms.